The second-order valence-electron chi connectivity index (χ2n) is 12.7. The molecule has 1 aromatic carbocycles. The molecule has 1 aliphatic carbocycles. The summed E-state index contributed by atoms with van der Waals surface area (Å²) in [5.74, 6) is -0.683. The molecule has 0 amide bonds. The summed E-state index contributed by atoms with van der Waals surface area (Å²) in [7, 11) is 0. The standard InChI is InChI=1S/C31H31F3N8OS/c32-16-5-8-41(11-16)14-31(6-7-31)15-43-30-39-26-21(29(40-30)42-12-17-1-2-18(13-42)38-17)10-37-25(24(26)34)19-3-4-22(33)27-23(19)20(9-35)28(36)44-27/h3-4,10,16-18,38H,1-2,5-8,11-15,36H2/t16-,17?,18?/m0/s1. The molecule has 228 valence electrons. The second kappa shape index (κ2) is 10.4. The van der Waals surface area contributed by atoms with Gasteiger partial charge in [0.1, 0.15) is 40.1 Å². The Hall–Kier alpha value is -3.73. The van der Waals surface area contributed by atoms with Gasteiger partial charge in [-0.3, -0.25) is 9.88 Å². The number of halogens is 3. The fourth-order valence-corrected chi connectivity index (χ4v) is 8.08. The van der Waals surface area contributed by atoms with Crippen LogP contribution >= 0.6 is 11.3 Å². The Morgan fingerprint density at radius 3 is 2.64 bits per heavy atom. The maximum atomic E-state index is 16.6. The highest BCUT2D eigenvalue weighted by molar-refractivity contribution is 7.23. The van der Waals surface area contributed by atoms with E-state index in [1.54, 1.807) is 6.20 Å². The van der Waals surface area contributed by atoms with Gasteiger partial charge < -0.3 is 20.7 Å². The van der Waals surface area contributed by atoms with E-state index in [9.17, 15) is 14.0 Å². The van der Waals surface area contributed by atoms with E-state index in [2.05, 4.69) is 25.1 Å². The summed E-state index contributed by atoms with van der Waals surface area (Å²) >= 11 is 0.952. The number of nitrogen functional groups attached to an aromatic ring is 1. The Kier molecular flexibility index (Phi) is 6.59. The molecule has 44 heavy (non-hydrogen) atoms. The Morgan fingerprint density at radius 2 is 1.93 bits per heavy atom. The van der Waals surface area contributed by atoms with Crippen LogP contribution in [-0.4, -0.2) is 77.4 Å². The number of anilines is 2. The van der Waals surface area contributed by atoms with Gasteiger partial charge >= 0.3 is 6.01 Å². The number of likely N-dealkylation sites (tertiary alicyclic amines) is 1. The lowest BCUT2D eigenvalue weighted by molar-refractivity contribution is 0.165. The highest BCUT2D eigenvalue weighted by Gasteiger charge is 2.46. The van der Waals surface area contributed by atoms with Gasteiger partial charge in [0.2, 0.25) is 0 Å². The lowest BCUT2D eigenvalue weighted by Gasteiger charge is -2.34. The summed E-state index contributed by atoms with van der Waals surface area (Å²) in [6.45, 7) is 3.73. The number of fused-ring (bicyclic) bond motifs is 4. The van der Waals surface area contributed by atoms with E-state index >= 15 is 4.39 Å². The zero-order chi connectivity index (χ0) is 30.2. The van der Waals surface area contributed by atoms with Crippen LogP contribution in [0.1, 0.15) is 37.7 Å². The Morgan fingerprint density at radius 1 is 1.14 bits per heavy atom. The maximum Gasteiger partial charge on any atom is 0.319 e. The molecule has 0 spiro atoms. The van der Waals surface area contributed by atoms with E-state index in [4.69, 9.17) is 15.5 Å². The average Bonchev–Trinajstić information content (AvgIpc) is 3.31. The smallest absolute Gasteiger partial charge is 0.319 e. The minimum atomic E-state index is -0.782. The van der Waals surface area contributed by atoms with Gasteiger partial charge in [-0.25, -0.2) is 13.2 Å². The zero-order valence-electron chi connectivity index (χ0n) is 24.0. The number of alkyl halides is 1. The van der Waals surface area contributed by atoms with Crippen LogP contribution in [0.4, 0.5) is 24.0 Å². The van der Waals surface area contributed by atoms with Gasteiger partial charge in [-0.2, -0.15) is 15.2 Å². The number of hydrogen-bond donors (Lipinski definition) is 2. The lowest BCUT2D eigenvalue weighted by Crippen LogP contribution is -2.51. The van der Waals surface area contributed by atoms with Crippen molar-refractivity contribution in [1.82, 2.24) is 25.2 Å². The van der Waals surface area contributed by atoms with Crippen molar-refractivity contribution in [1.29, 1.82) is 5.26 Å². The number of ether oxygens (including phenoxy) is 1. The molecule has 3 N–H and O–H groups in total. The fourth-order valence-electron chi connectivity index (χ4n) is 7.13. The molecule has 13 heteroatoms. The molecule has 9 nitrogen and oxygen atoms in total. The van der Waals surface area contributed by atoms with Crippen LogP contribution in [0.25, 0.3) is 32.2 Å². The number of pyridine rings is 1. The number of piperazine rings is 1. The minimum Gasteiger partial charge on any atom is -0.463 e. The number of nitrogens with zero attached hydrogens (tertiary/aromatic N) is 6. The van der Waals surface area contributed by atoms with Gasteiger partial charge in [-0.1, -0.05) is 0 Å². The third kappa shape index (κ3) is 4.71. The summed E-state index contributed by atoms with van der Waals surface area (Å²) in [6.07, 6.45) is 5.40. The molecular formula is C31H31F3N8OS. The van der Waals surface area contributed by atoms with Crippen LogP contribution in [0.5, 0.6) is 6.01 Å². The van der Waals surface area contributed by atoms with E-state index in [1.165, 1.54) is 12.1 Å². The quantitative estimate of drug-likeness (QED) is 0.301. The molecule has 3 aromatic heterocycles. The van der Waals surface area contributed by atoms with Gasteiger partial charge in [-0.15, -0.1) is 11.3 Å². The van der Waals surface area contributed by atoms with Crippen molar-refractivity contribution in [2.45, 2.75) is 50.4 Å². The molecule has 3 saturated heterocycles. The number of aromatic nitrogens is 3. The van der Waals surface area contributed by atoms with Crippen molar-refractivity contribution >= 4 is 43.1 Å². The van der Waals surface area contributed by atoms with Crippen molar-refractivity contribution in [2.24, 2.45) is 5.41 Å². The first-order valence-corrected chi connectivity index (χ1v) is 15.9. The van der Waals surface area contributed by atoms with E-state index in [-0.39, 0.29) is 48.9 Å². The van der Waals surface area contributed by atoms with E-state index < -0.39 is 17.8 Å². The minimum absolute atomic E-state index is 0.0460. The van der Waals surface area contributed by atoms with Crippen LogP contribution in [-0.2, 0) is 0 Å². The molecule has 2 unspecified atom stereocenters. The summed E-state index contributed by atoms with van der Waals surface area (Å²) in [5.41, 5.74) is 6.29. The van der Waals surface area contributed by atoms with Gasteiger partial charge in [0.05, 0.1) is 22.3 Å². The predicted octanol–water partition coefficient (Wildman–Crippen LogP) is 4.78. The molecule has 8 rings (SSSR count). The molecule has 1 saturated carbocycles. The molecule has 4 aromatic rings. The van der Waals surface area contributed by atoms with Crippen LogP contribution in [0.2, 0.25) is 0 Å². The van der Waals surface area contributed by atoms with Crippen LogP contribution in [0.3, 0.4) is 0 Å². The molecule has 4 aliphatic rings. The van der Waals surface area contributed by atoms with Crippen molar-refractivity contribution < 1.29 is 17.9 Å². The number of nitriles is 1. The van der Waals surface area contributed by atoms with Crippen molar-refractivity contribution in [2.75, 3.05) is 50.0 Å². The average molecular weight is 621 g/mol. The number of thiophene rings is 1. The van der Waals surface area contributed by atoms with E-state index in [1.807, 2.05) is 6.07 Å². The first-order chi connectivity index (χ1) is 21.3. The van der Waals surface area contributed by atoms with Crippen LogP contribution in [0, 0.1) is 28.4 Å². The summed E-state index contributed by atoms with van der Waals surface area (Å²) in [5, 5.41) is 14.2. The molecule has 6 heterocycles. The third-order valence-corrected chi connectivity index (χ3v) is 10.6. The molecule has 3 aliphatic heterocycles. The fraction of sp³-hybridized carbons (Fsp3) is 0.484. The number of hydrogen-bond acceptors (Lipinski definition) is 10. The van der Waals surface area contributed by atoms with Gasteiger partial charge in [0.15, 0.2) is 5.82 Å². The highest BCUT2D eigenvalue weighted by atomic mass is 32.1. The summed E-state index contributed by atoms with van der Waals surface area (Å²) in [6, 6.07) is 5.40. The first kappa shape index (κ1) is 27.8. The third-order valence-electron chi connectivity index (χ3n) is 9.58. The van der Waals surface area contributed by atoms with E-state index in [0.29, 0.717) is 55.9 Å². The lowest BCUT2D eigenvalue weighted by atomic mass is 10.0. The molecule has 4 fully saturated rings. The Bertz CT molecular complexity index is 1830. The van der Waals surface area contributed by atoms with Crippen LogP contribution < -0.4 is 20.7 Å². The second-order valence-corrected chi connectivity index (χ2v) is 13.8. The van der Waals surface area contributed by atoms with Crippen LogP contribution in [0.15, 0.2) is 18.3 Å². The SMILES string of the molecule is N#Cc1c(N)sc2c(F)ccc(-c3ncc4c(N5CC6CCC(C5)N6)nc(OCC5(CN6CC[C@H](F)C6)CC5)nc4c3F)c12. The number of nitrogens with one attached hydrogen (secondary N) is 1. The largest absolute Gasteiger partial charge is 0.463 e. The Labute approximate surface area is 255 Å². The molecule has 0 radical (unpaired) electrons. The summed E-state index contributed by atoms with van der Waals surface area (Å²) < 4.78 is 51.6. The monoisotopic (exact) mass is 620 g/mol. The number of benzene rings is 1. The van der Waals surface area contributed by atoms with Gasteiger partial charge in [0, 0.05) is 67.4 Å². The molecule has 3 atom stereocenters. The van der Waals surface area contributed by atoms with E-state index in [0.717, 1.165) is 50.1 Å². The zero-order valence-corrected chi connectivity index (χ0v) is 24.8. The molecule has 2 bridgehead atoms. The first-order valence-electron chi connectivity index (χ1n) is 15.1. The maximum absolute atomic E-state index is 16.6. The topological polar surface area (TPSA) is 116 Å². The van der Waals surface area contributed by atoms with Gasteiger partial charge in [-0.05, 0) is 44.2 Å². The Balaban J connectivity index is 1.21. The summed E-state index contributed by atoms with van der Waals surface area (Å²) in [4.78, 5) is 18.2. The highest BCUT2D eigenvalue weighted by Crippen LogP contribution is 2.47. The number of rotatable bonds is 7. The number of nitrogens with two attached hydrogens (primary N) is 1. The predicted molar refractivity (Wildman–Crippen MR) is 162 cm³/mol. The van der Waals surface area contributed by atoms with Gasteiger partial charge in [0.25, 0.3) is 0 Å². The van der Waals surface area contributed by atoms with Crippen molar-refractivity contribution in [3.05, 3.63) is 35.5 Å². The van der Waals surface area contributed by atoms with Crippen molar-refractivity contribution in [3.63, 3.8) is 0 Å². The molecular weight excluding hydrogens is 589 g/mol. The van der Waals surface area contributed by atoms with Crippen molar-refractivity contribution in [3.8, 4) is 23.3 Å². The normalized spacial score (nSPS) is 24.3.